The summed E-state index contributed by atoms with van der Waals surface area (Å²) < 4.78 is 42.0. The van der Waals surface area contributed by atoms with Crippen molar-refractivity contribution in [2.45, 2.75) is 33.1 Å². The summed E-state index contributed by atoms with van der Waals surface area (Å²) in [5.74, 6) is 0. The number of nitrogens with zero attached hydrogens (tertiary/aromatic N) is 3. The molecule has 0 fully saturated rings. The fourth-order valence-electron chi connectivity index (χ4n) is 3.33. The minimum absolute atomic E-state index is 0.0588. The van der Waals surface area contributed by atoms with Crippen LogP contribution in [0.4, 0.5) is 13.2 Å². The van der Waals surface area contributed by atoms with E-state index < -0.39 is 28.6 Å². The molecule has 8 heteroatoms. The van der Waals surface area contributed by atoms with Crippen molar-refractivity contribution in [1.82, 2.24) is 9.13 Å². The molecule has 0 spiro atoms. The van der Waals surface area contributed by atoms with E-state index in [1.165, 1.54) is 16.7 Å². The molecule has 28 heavy (non-hydrogen) atoms. The van der Waals surface area contributed by atoms with Gasteiger partial charge in [0.2, 0.25) is 0 Å². The van der Waals surface area contributed by atoms with Gasteiger partial charge in [0.15, 0.2) is 0 Å². The molecule has 0 amide bonds. The van der Waals surface area contributed by atoms with E-state index >= 15 is 0 Å². The molecule has 0 aliphatic carbocycles. The van der Waals surface area contributed by atoms with Crippen molar-refractivity contribution in [3.63, 3.8) is 0 Å². The van der Waals surface area contributed by atoms with Gasteiger partial charge in [-0.15, -0.1) is 0 Å². The minimum atomic E-state index is -4.69. The second-order valence-electron chi connectivity index (χ2n) is 6.34. The van der Waals surface area contributed by atoms with Crippen LogP contribution in [0, 0.1) is 18.3 Å². The lowest BCUT2D eigenvalue weighted by molar-refractivity contribution is -0.137. The molecule has 0 atom stereocenters. The summed E-state index contributed by atoms with van der Waals surface area (Å²) in [6.45, 7) is 3.23. The lowest BCUT2D eigenvalue weighted by Gasteiger charge is -2.16. The van der Waals surface area contributed by atoms with Crippen molar-refractivity contribution in [2.75, 3.05) is 0 Å². The standard InChI is InChI=1S/C20H16F3N3O2/c1-3-25-18(27)17-12(2)6-4-9-16(17)26(19(25)28)11-13-7-5-8-15(14(13)10-24)20(21,22)23/h4-9H,3,11H2,1-2H3. The van der Waals surface area contributed by atoms with Crippen LogP contribution >= 0.6 is 0 Å². The Balaban J connectivity index is 2.34. The van der Waals surface area contributed by atoms with E-state index in [0.29, 0.717) is 16.5 Å². The zero-order valence-corrected chi connectivity index (χ0v) is 15.2. The molecular weight excluding hydrogens is 371 g/mol. The number of benzene rings is 2. The van der Waals surface area contributed by atoms with Crippen LogP contribution in [0.1, 0.15) is 29.2 Å². The number of nitriles is 1. The van der Waals surface area contributed by atoms with Gasteiger partial charge in [0.05, 0.1) is 28.6 Å². The molecule has 3 rings (SSSR count). The predicted molar refractivity (Wildman–Crippen MR) is 98.1 cm³/mol. The van der Waals surface area contributed by atoms with Crippen LogP contribution < -0.4 is 11.2 Å². The Labute approximate surface area is 157 Å². The van der Waals surface area contributed by atoms with Crippen LogP contribution in [0.2, 0.25) is 0 Å². The van der Waals surface area contributed by atoms with Crippen LogP contribution in [-0.2, 0) is 19.3 Å². The molecule has 5 nitrogen and oxygen atoms in total. The van der Waals surface area contributed by atoms with E-state index in [1.807, 2.05) is 0 Å². The predicted octanol–water partition coefficient (Wildman–Crippen LogP) is 3.43. The number of alkyl halides is 3. The van der Waals surface area contributed by atoms with E-state index in [2.05, 4.69) is 0 Å². The molecule has 0 saturated carbocycles. The van der Waals surface area contributed by atoms with Gasteiger partial charge >= 0.3 is 11.9 Å². The largest absolute Gasteiger partial charge is 0.417 e. The summed E-state index contributed by atoms with van der Waals surface area (Å²) in [5.41, 5.74) is -1.62. The van der Waals surface area contributed by atoms with Gasteiger partial charge in [-0.1, -0.05) is 24.3 Å². The lowest BCUT2D eigenvalue weighted by atomic mass is 10.0. The van der Waals surface area contributed by atoms with Crippen molar-refractivity contribution in [3.8, 4) is 6.07 Å². The van der Waals surface area contributed by atoms with Crippen molar-refractivity contribution in [1.29, 1.82) is 5.26 Å². The van der Waals surface area contributed by atoms with Crippen molar-refractivity contribution >= 4 is 10.9 Å². The second kappa shape index (κ2) is 7.00. The van der Waals surface area contributed by atoms with Crippen LogP contribution in [0.15, 0.2) is 46.0 Å². The highest BCUT2D eigenvalue weighted by atomic mass is 19.4. The van der Waals surface area contributed by atoms with Gasteiger partial charge in [0, 0.05) is 6.54 Å². The maximum absolute atomic E-state index is 13.2. The SMILES string of the molecule is CCn1c(=O)c2c(C)cccc2n(Cc2cccc(C(F)(F)F)c2C#N)c1=O. The van der Waals surface area contributed by atoms with E-state index in [-0.39, 0.29) is 18.7 Å². The summed E-state index contributed by atoms with van der Waals surface area (Å²) in [6.07, 6.45) is -4.69. The Hall–Kier alpha value is -3.34. The van der Waals surface area contributed by atoms with Gasteiger partial charge in [0.1, 0.15) is 6.07 Å². The third-order valence-electron chi connectivity index (χ3n) is 4.68. The topological polar surface area (TPSA) is 67.8 Å². The Kier molecular flexibility index (Phi) is 4.86. The van der Waals surface area contributed by atoms with Crippen molar-refractivity contribution in [2.24, 2.45) is 0 Å². The number of hydrogen-bond donors (Lipinski definition) is 0. The zero-order valence-electron chi connectivity index (χ0n) is 15.2. The smallest absolute Gasteiger partial charge is 0.289 e. The number of aryl methyl sites for hydroxylation is 1. The Morgan fingerprint density at radius 3 is 2.36 bits per heavy atom. The van der Waals surface area contributed by atoms with Gasteiger partial charge in [-0.25, -0.2) is 4.79 Å². The number of rotatable bonds is 3. The molecule has 1 aromatic heterocycles. The first kappa shape index (κ1) is 19.4. The highest BCUT2D eigenvalue weighted by Crippen LogP contribution is 2.33. The third kappa shape index (κ3) is 3.09. The molecule has 0 N–H and O–H groups in total. The Morgan fingerprint density at radius 2 is 1.75 bits per heavy atom. The molecule has 0 saturated heterocycles. The number of halogens is 3. The van der Waals surface area contributed by atoms with Crippen LogP contribution in [0.25, 0.3) is 10.9 Å². The maximum Gasteiger partial charge on any atom is 0.417 e. The Bertz CT molecular complexity index is 1230. The zero-order chi connectivity index (χ0) is 20.6. The average Bonchev–Trinajstić information content (AvgIpc) is 2.64. The van der Waals surface area contributed by atoms with Gasteiger partial charge in [-0.05, 0) is 37.1 Å². The highest BCUT2D eigenvalue weighted by Gasteiger charge is 2.34. The van der Waals surface area contributed by atoms with Crippen LogP contribution in [0.5, 0.6) is 0 Å². The van der Waals surface area contributed by atoms with E-state index in [0.717, 1.165) is 10.6 Å². The summed E-state index contributed by atoms with van der Waals surface area (Å²) in [4.78, 5) is 25.5. The third-order valence-corrected chi connectivity index (χ3v) is 4.68. The van der Waals surface area contributed by atoms with Crippen molar-refractivity contribution in [3.05, 3.63) is 79.5 Å². The minimum Gasteiger partial charge on any atom is -0.289 e. The van der Waals surface area contributed by atoms with Gasteiger partial charge in [0.25, 0.3) is 5.56 Å². The van der Waals surface area contributed by atoms with E-state index in [1.54, 1.807) is 38.1 Å². The van der Waals surface area contributed by atoms with Crippen LogP contribution in [-0.4, -0.2) is 9.13 Å². The fraction of sp³-hybridized carbons (Fsp3) is 0.250. The molecule has 1 heterocycles. The average molecular weight is 387 g/mol. The first-order valence-electron chi connectivity index (χ1n) is 8.52. The maximum atomic E-state index is 13.2. The summed E-state index contributed by atoms with van der Waals surface area (Å²) >= 11 is 0. The molecule has 0 unspecified atom stereocenters. The molecule has 0 bridgehead atoms. The van der Waals surface area contributed by atoms with Crippen LogP contribution in [0.3, 0.4) is 0 Å². The van der Waals surface area contributed by atoms with E-state index in [4.69, 9.17) is 0 Å². The fourth-order valence-corrected chi connectivity index (χ4v) is 3.33. The van der Waals surface area contributed by atoms with Crippen molar-refractivity contribution < 1.29 is 13.2 Å². The summed E-state index contributed by atoms with van der Waals surface area (Å²) in [6, 6.07) is 9.99. The molecule has 0 aliphatic rings. The van der Waals surface area contributed by atoms with Gasteiger partial charge < -0.3 is 0 Å². The summed E-state index contributed by atoms with van der Waals surface area (Å²) in [5, 5.41) is 9.65. The van der Waals surface area contributed by atoms with E-state index in [9.17, 15) is 28.0 Å². The van der Waals surface area contributed by atoms with Gasteiger partial charge in [-0.2, -0.15) is 18.4 Å². The first-order valence-corrected chi connectivity index (χ1v) is 8.52. The highest BCUT2D eigenvalue weighted by molar-refractivity contribution is 5.81. The molecule has 2 aromatic carbocycles. The Morgan fingerprint density at radius 1 is 1.07 bits per heavy atom. The normalized spacial score (nSPS) is 11.6. The number of hydrogen-bond acceptors (Lipinski definition) is 3. The molecule has 0 aliphatic heterocycles. The molecule has 3 aromatic rings. The quantitative estimate of drug-likeness (QED) is 0.692. The molecule has 0 radical (unpaired) electrons. The monoisotopic (exact) mass is 387 g/mol. The number of fused-ring (bicyclic) bond motifs is 1. The van der Waals surface area contributed by atoms with Gasteiger partial charge in [-0.3, -0.25) is 13.9 Å². The first-order chi connectivity index (χ1) is 13.2. The lowest BCUT2D eigenvalue weighted by Crippen LogP contribution is -2.40. The summed E-state index contributed by atoms with van der Waals surface area (Å²) in [7, 11) is 0. The second-order valence-corrected chi connectivity index (χ2v) is 6.34. The number of aromatic nitrogens is 2. The molecular formula is C20H16F3N3O2. The molecule has 144 valence electrons.